The highest BCUT2D eigenvalue weighted by Gasteiger charge is 2.28. The molecule has 3 amide bonds. The van der Waals surface area contributed by atoms with Gasteiger partial charge in [-0.2, -0.15) is 5.10 Å². The van der Waals surface area contributed by atoms with E-state index >= 15 is 0 Å². The molecule has 2 heterocycles. The van der Waals surface area contributed by atoms with Crippen LogP contribution in [0.3, 0.4) is 0 Å². The van der Waals surface area contributed by atoms with Gasteiger partial charge in [-0.05, 0) is 51.0 Å². The van der Waals surface area contributed by atoms with E-state index in [4.69, 9.17) is 4.42 Å². The minimum Gasteiger partial charge on any atom is -0.455 e. The molecular weight excluding hydrogens is 422 g/mol. The van der Waals surface area contributed by atoms with Crippen LogP contribution in [0.1, 0.15) is 66.6 Å². The normalized spacial score (nSPS) is 13.8. The Bertz CT molecular complexity index is 1250. The lowest BCUT2D eigenvalue weighted by Gasteiger charge is -2.13. The second-order valence-corrected chi connectivity index (χ2v) is 7.72. The van der Waals surface area contributed by atoms with Gasteiger partial charge in [0.1, 0.15) is 5.76 Å². The van der Waals surface area contributed by atoms with Crippen LogP contribution in [0.25, 0.3) is 0 Å². The summed E-state index contributed by atoms with van der Waals surface area (Å²) >= 11 is 0. The lowest BCUT2D eigenvalue weighted by molar-refractivity contribution is 0.0829. The number of hydrogen-bond acceptors (Lipinski definition) is 6. The van der Waals surface area contributed by atoms with Gasteiger partial charge in [0, 0.05) is 41.1 Å². The van der Waals surface area contributed by atoms with Gasteiger partial charge in [0.2, 0.25) is 0 Å². The Balaban J connectivity index is 1.49. The minimum absolute atomic E-state index is 0.0923. The molecule has 33 heavy (non-hydrogen) atoms. The minimum atomic E-state index is -0.576. The third-order valence-electron chi connectivity index (χ3n) is 5.34. The first-order valence-corrected chi connectivity index (χ1v) is 10.5. The number of furan rings is 1. The molecule has 1 aliphatic rings. The second kappa shape index (κ2) is 9.47. The summed E-state index contributed by atoms with van der Waals surface area (Å²) < 4.78 is 5.81. The number of aromatic nitrogens is 1. The summed E-state index contributed by atoms with van der Waals surface area (Å²) in [6.07, 6.45) is 5.04. The van der Waals surface area contributed by atoms with Crippen molar-refractivity contribution in [2.75, 3.05) is 0 Å². The molecular formula is C24H23N5O4. The topological polar surface area (TPSA) is 126 Å². The molecule has 0 saturated carbocycles. The van der Waals surface area contributed by atoms with Crippen LogP contribution >= 0.6 is 0 Å². The molecule has 4 rings (SSSR count). The van der Waals surface area contributed by atoms with Crippen molar-refractivity contribution < 1.29 is 18.8 Å². The molecule has 0 saturated heterocycles. The van der Waals surface area contributed by atoms with Crippen LogP contribution in [0.4, 0.5) is 0 Å². The summed E-state index contributed by atoms with van der Waals surface area (Å²) in [5, 5.41) is 4.33. The van der Waals surface area contributed by atoms with Crippen LogP contribution in [-0.2, 0) is 6.42 Å². The molecule has 3 N–H and O–H groups in total. The quantitative estimate of drug-likeness (QED) is 0.533. The number of benzene rings is 1. The molecule has 1 aromatic carbocycles. The Morgan fingerprint density at radius 2 is 1.70 bits per heavy atom. The number of amides is 3. The molecule has 0 unspecified atom stereocenters. The number of aryl methyl sites for hydroxylation is 2. The van der Waals surface area contributed by atoms with Gasteiger partial charge in [-0.25, -0.2) is 5.43 Å². The number of hydrazine groups is 1. The van der Waals surface area contributed by atoms with Gasteiger partial charge in [0.25, 0.3) is 11.8 Å². The predicted molar refractivity (Wildman–Crippen MR) is 121 cm³/mol. The van der Waals surface area contributed by atoms with E-state index in [-0.39, 0.29) is 11.7 Å². The van der Waals surface area contributed by atoms with Crippen molar-refractivity contribution in [1.82, 2.24) is 21.3 Å². The zero-order valence-corrected chi connectivity index (χ0v) is 18.3. The predicted octanol–water partition coefficient (Wildman–Crippen LogP) is 2.84. The fraction of sp³-hybridized carbons (Fsp3) is 0.208. The number of carbonyl (C=O) groups is 3. The highest BCUT2D eigenvalue weighted by Crippen LogP contribution is 2.29. The average molecular weight is 445 g/mol. The average Bonchev–Trinajstić information content (AvgIpc) is 3.18. The van der Waals surface area contributed by atoms with Crippen LogP contribution in [0.2, 0.25) is 0 Å². The van der Waals surface area contributed by atoms with Gasteiger partial charge < -0.3 is 4.42 Å². The zero-order valence-electron chi connectivity index (χ0n) is 18.3. The van der Waals surface area contributed by atoms with Crippen LogP contribution in [0.15, 0.2) is 58.3 Å². The second-order valence-electron chi connectivity index (χ2n) is 7.72. The van der Waals surface area contributed by atoms with Crippen LogP contribution in [-0.4, -0.2) is 28.4 Å². The lowest BCUT2D eigenvalue weighted by atomic mass is 9.93. The monoisotopic (exact) mass is 445 g/mol. The highest BCUT2D eigenvalue weighted by atomic mass is 16.4. The number of nitrogens with one attached hydrogen (secondary N) is 3. The van der Waals surface area contributed by atoms with Gasteiger partial charge in [-0.3, -0.25) is 30.2 Å². The maximum Gasteiger partial charge on any atom is 0.305 e. The molecule has 0 radical (unpaired) electrons. The van der Waals surface area contributed by atoms with Gasteiger partial charge in [0.15, 0.2) is 5.76 Å². The molecule has 3 aromatic rings. The molecule has 0 fully saturated rings. The van der Waals surface area contributed by atoms with E-state index in [2.05, 4.69) is 26.4 Å². The molecule has 0 spiro atoms. The van der Waals surface area contributed by atoms with Gasteiger partial charge in [0.05, 0.1) is 5.71 Å². The van der Waals surface area contributed by atoms with E-state index in [9.17, 15) is 14.4 Å². The van der Waals surface area contributed by atoms with Crippen LogP contribution in [0, 0.1) is 13.8 Å². The number of nitrogens with zero attached hydrogens (tertiary/aromatic N) is 2. The first-order valence-electron chi connectivity index (χ1n) is 10.5. The molecule has 0 atom stereocenters. The summed E-state index contributed by atoms with van der Waals surface area (Å²) in [5.74, 6) is -0.632. The first kappa shape index (κ1) is 21.9. The zero-order chi connectivity index (χ0) is 23.4. The first-order chi connectivity index (χ1) is 15.9. The Morgan fingerprint density at radius 1 is 0.939 bits per heavy atom. The van der Waals surface area contributed by atoms with E-state index in [1.54, 1.807) is 19.1 Å². The van der Waals surface area contributed by atoms with E-state index < -0.39 is 11.8 Å². The van der Waals surface area contributed by atoms with Crippen molar-refractivity contribution in [3.8, 4) is 0 Å². The smallest absolute Gasteiger partial charge is 0.305 e. The van der Waals surface area contributed by atoms with E-state index in [0.29, 0.717) is 41.0 Å². The molecule has 1 aliphatic carbocycles. The summed E-state index contributed by atoms with van der Waals surface area (Å²) in [4.78, 5) is 41.1. The third kappa shape index (κ3) is 4.82. The van der Waals surface area contributed by atoms with Crippen molar-refractivity contribution in [2.24, 2.45) is 5.10 Å². The Hall–Kier alpha value is -4.27. The van der Waals surface area contributed by atoms with E-state index in [0.717, 1.165) is 17.5 Å². The number of pyridine rings is 1. The Labute approximate surface area is 190 Å². The van der Waals surface area contributed by atoms with Gasteiger partial charge in [-0.1, -0.05) is 17.7 Å². The fourth-order valence-corrected chi connectivity index (χ4v) is 3.71. The third-order valence-corrected chi connectivity index (χ3v) is 5.34. The SMILES string of the molecule is Cc1cccc(C(=O)N/N=C2\CCCc3oc(C(=O)NNC(=O)c4ccncc4)c(C)c32)c1. The number of rotatable bonds is 4. The molecule has 2 aromatic heterocycles. The van der Waals surface area contributed by atoms with Crippen molar-refractivity contribution in [3.05, 3.63) is 88.1 Å². The van der Waals surface area contributed by atoms with E-state index in [1.165, 1.54) is 24.5 Å². The Kier molecular flexibility index (Phi) is 6.30. The summed E-state index contributed by atoms with van der Waals surface area (Å²) in [6.45, 7) is 3.67. The summed E-state index contributed by atoms with van der Waals surface area (Å²) in [7, 11) is 0. The Morgan fingerprint density at radius 3 is 2.45 bits per heavy atom. The molecule has 9 nitrogen and oxygen atoms in total. The fourth-order valence-electron chi connectivity index (χ4n) is 3.71. The van der Waals surface area contributed by atoms with Crippen LogP contribution in [0.5, 0.6) is 0 Å². The molecule has 168 valence electrons. The summed E-state index contributed by atoms with van der Waals surface area (Å²) in [6, 6.07) is 10.3. The van der Waals surface area contributed by atoms with Gasteiger partial charge >= 0.3 is 5.91 Å². The van der Waals surface area contributed by atoms with Gasteiger partial charge in [-0.15, -0.1) is 0 Å². The largest absolute Gasteiger partial charge is 0.455 e. The maximum absolute atomic E-state index is 12.7. The van der Waals surface area contributed by atoms with Crippen LogP contribution < -0.4 is 16.3 Å². The standard InChI is InChI=1S/C24H23N5O4/c1-14-5-3-6-17(13-14)23(31)27-26-18-7-4-8-19-20(18)15(2)21(33-19)24(32)29-28-22(30)16-9-11-25-12-10-16/h3,5-6,9-13H,4,7-8H2,1-2H3,(H,27,31)(H,28,30)(H,29,32)/b26-18+. The molecule has 0 bridgehead atoms. The van der Waals surface area contributed by atoms with Crippen molar-refractivity contribution in [3.63, 3.8) is 0 Å². The lowest BCUT2D eigenvalue weighted by Crippen LogP contribution is -2.41. The maximum atomic E-state index is 12.7. The number of hydrogen-bond donors (Lipinski definition) is 3. The van der Waals surface area contributed by atoms with Crippen molar-refractivity contribution in [2.45, 2.75) is 33.1 Å². The molecule has 9 heteroatoms. The number of fused-ring (bicyclic) bond motifs is 1. The van der Waals surface area contributed by atoms with Crippen molar-refractivity contribution in [1.29, 1.82) is 0 Å². The summed E-state index contributed by atoms with van der Waals surface area (Å²) in [5.41, 5.74) is 11.2. The highest BCUT2D eigenvalue weighted by molar-refractivity contribution is 6.07. The number of carbonyl (C=O) groups excluding carboxylic acids is 3. The number of hydrazone groups is 1. The van der Waals surface area contributed by atoms with E-state index in [1.807, 2.05) is 19.1 Å². The van der Waals surface area contributed by atoms with Crippen molar-refractivity contribution >= 4 is 23.4 Å². The molecule has 0 aliphatic heterocycles.